The monoisotopic (exact) mass is 410 g/mol. The summed E-state index contributed by atoms with van der Waals surface area (Å²) in [5, 5.41) is 11.0. The third-order valence-corrected chi connectivity index (χ3v) is 4.90. The highest BCUT2D eigenvalue weighted by Gasteiger charge is 2.45. The molecule has 0 bridgehead atoms. The average Bonchev–Trinajstić information content (AvgIpc) is 3.01. The number of carbonyl (C=O) groups is 2. The molecule has 3 rings (SSSR count). The van der Waals surface area contributed by atoms with E-state index in [2.05, 4.69) is 4.98 Å². The number of carbonyl (C=O) groups excluding carboxylic acids is 2. The lowest BCUT2D eigenvalue weighted by Crippen LogP contribution is -2.31. The number of rotatable bonds is 8. The number of nitrogens with zero attached hydrogens (tertiary/aromatic N) is 2. The molecule has 2 aromatic rings. The van der Waals surface area contributed by atoms with Gasteiger partial charge in [0.05, 0.1) is 24.8 Å². The molecule has 0 aliphatic carbocycles. The maximum absolute atomic E-state index is 12.9. The minimum Gasteiger partial charge on any atom is -0.507 e. The minimum atomic E-state index is -0.708. The Bertz CT molecular complexity index is 922. The van der Waals surface area contributed by atoms with E-state index in [0.29, 0.717) is 36.4 Å². The lowest BCUT2D eigenvalue weighted by Gasteiger charge is -2.25. The molecule has 1 saturated heterocycles. The van der Waals surface area contributed by atoms with E-state index >= 15 is 0 Å². The Morgan fingerprint density at radius 2 is 1.93 bits per heavy atom. The van der Waals surface area contributed by atoms with Gasteiger partial charge in [0.2, 0.25) is 0 Å². The van der Waals surface area contributed by atoms with Crippen molar-refractivity contribution in [3.8, 4) is 5.75 Å². The highest BCUT2D eigenvalue weighted by molar-refractivity contribution is 6.46. The van der Waals surface area contributed by atoms with Crippen LogP contribution in [0.1, 0.15) is 37.4 Å². The van der Waals surface area contributed by atoms with Crippen LogP contribution in [0, 0.1) is 0 Å². The zero-order valence-corrected chi connectivity index (χ0v) is 17.4. The second kappa shape index (κ2) is 9.54. The summed E-state index contributed by atoms with van der Waals surface area (Å²) in [5.41, 5.74) is 1.16. The number of hydrogen-bond acceptors (Lipinski definition) is 6. The topological polar surface area (TPSA) is 89.0 Å². The molecule has 0 radical (unpaired) electrons. The number of hydrogen-bond donors (Lipinski definition) is 1. The predicted molar refractivity (Wildman–Crippen MR) is 112 cm³/mol. The number of ketones is 1. The molecule has 1 amide bonds. The number of likely N-dealkylation sites (tertiary alicyclic amines) is 1. The number of amides is 1. The molecule has 30 heavy (non-hydrogen) atoms. The lowest BCUT2D eigenvalue weighted by molar-refractivity contribution is -0.140. The Labute approximate surface area is 175 Å². The van der Waals surface area contributed by atoms with Crippen molar-refractivity contribution < 1.29 is 24.2 Å². The number of aromatic nitrogens is 1. The molecule has 7 heteroatoms. The molecule has 1 aromatic heterocycles. The van der Waals surface area contributed by atoms with Crippen LogP contribution in [0.5, 0.6) is 5.75 Å². The van der Waals surface area contributed by atoms with Crippen LogP contribution in [-0.2, 0) is 14.3 Å². The molecule has 1 atom stereocenters. The van der Waals surface area contributed by atoms with Gasteiger partial charge in [-0.1, -0.05) is 6.07 Å². The molecular weight excluding hydrogens is 384 g/mol. The number of benzene rings is 1. The second-order valence-corrected chi connectivity index (χ2v) is 7.28. The summed E-state index contributed by atoms with van der Waals surface area (Å²) in [5.74, 6) is -0.933. The van der Waals surface area contributed by atoms with Gasteiger partial charge in [0.25, 0.3) is 11.7 Å². The van der Waals surface area contributed by atoms with E-state index in [4.69, 9.17) is 9.47 Å². The van der Waals surface area contributed by atoms with Crippen LogP contribution in [-0.4, -0.2) is 53.0 Å². The van der Waals surface area contributed by atoms with E-state index in [9.17, 15) is 14.7 Å². The van der Waals surface area contributed by atoms with Crippen molar-refractivity contribution in [1.29, 1.82) is 0 Å². The minimum absolute atomic E-state index is 0.0583. The van der Waals surface area contributed by atoms with Gasteiger partial charge in [-0.25, -0.2) is 0 Å². The number of ether oxygens (including phenoxy) is 2. The van der Waals surface area contributed by atoms with Crippen molar-refractivity contribution in [3.05, 3.63) is 65.5 Å². The number of aliphatic hydroxyl groups is 1. The molecule has 1 N–H and O–H groups in total. The Balaban J connectivity index is 1.99. The zero-order valence-electron chi connectivity index (χ0n) is 17.4. The van der Waals surface area contributed by atoms with Gasteiger partial charge in [-0.2, -0.15) is 0 Å². The van der Waals surface area contributed by atoms with Crippen molar-refractivity contribution in [1.82, 2.24) is 9.88 Å². The van der Waals surface area contributed by atoms with Crippen LogP contribution >= 0.6 is 0 Å². The fraction of sp³-hybridized carbons (Fsp3) is 0.348. The molecule has 7 nitrogen and oxygen atoms in total. The number of methoxy groups -OCH3 is 1. The lowest BCUT2D eigenvalue weighted by atomic mass is 9.96. The summed E-state index contributed by atoms with van der Waals surface area (Å²) < 4.78 is 10.7. The Hall–Kier alpha value is -3.19. The fourth-order valence-corrected chi connectivity index (χ4v) is 3.45. The Morgan fingerprint density at radius 3 is 2.53 bits per heavy atom. The van der Waals surface area contributed by atoms with E-state index in [-0.39, 0.29) is 17.4 Å². The van der Waals surface area contributed by atoms with Crippen LogP contribution in [0.25, 0.3) is 5.76 Å². The van der Waals surface area contributed by atoms with Crippen molar-refractivity contribution in [2.24, 2.45) is 0 Å². The molecule has 2 heterocycles. The molecular formula is C23H26N2O5. The maximum Gasteiger partial charge on any atom is 0.295 e. The van der Waals surface area contributed by atoms with Gasteiger partial charge >= 0.3 is 0 Å². The smallest absolute Gasteiger partial charge is 0.295 e. The molecule has 0 saturated carbocycles. The molecule has 158 valence electrons. The summed E-state index contributed by atoms with van der Waals surface area (Å²) in [6.07, 6.45) is 3.89. The molecule has 1 aliphatic heterocycles. The van der Waals surface area contributed by atoms with Crippen molar-refractivity contribution in [2.75, 3.05) is 20.3 Å². The van der Waals surface area contributed by atoms with Gasteiger partial charge < -0.3 is 19.5 Å². The van der Waals surface area contributed by atoms with Crippen molar-refractivity contribution in [3.63, 3.8) is 0 Å². The molecule has 1 aromatic carbocycles. The molecule has 1 aliphatic rings. The van der Waals surface area contributed by atoms with Crippen LogP contribution in [0.4, 0.5) is 0 Å². The maximum atomic E-state index is 12.9. The third kappa shape index (κ3) is 4.52. The van der Waals surface area contributed by atoms with E-state index < -0.39 is 17.7 Å². The highest BCUT2D eigenvalue weighted by Crippen LogP contribution is 2.39. The zero-order chi connectivity index (χ0) is 21.7. The van der Waals surface area contributed by atoms with Gasteiger partial charge in [0, 0.05) is 31.1 Å². The van der Waals surface area contributed by atoms with E-state index in [1.165, 1.54) is 4.90 Å². The average molecular weight is 410 g/mol. The van der Waals surface area contributed by atoms with Gasteiger partial charge in [-0.15, -0.1) is 0 Å². The first-order valence-corrected chi connectivity index (χ1v) is 9.88. The second-order valence-electron chi connectivity index (χ2n) is 7.28. The third-order valence-electron chi connectivity index (χ3n) is 4.90. The van der Waals surface area contributed by atoms with Crippen LogP contribution in [0.3, 0.4) is 0 Å². The summed E-state index contributed by atoms with van der Waals surface area (Å²) in [6, 6.07) is 9.50. The summed E-state index contributed by atoms with van der Waals surface area (Å²) in [7, 11) is 1.55. The summed E-state index contributed by atoms with van der Waals surface area (Å²) >= 11 is 0. The SMILES string of the molecule is COc1ccc(/C(O)=C2/C(=O)C(=O)N(CCCOC(C)C)C2c2cccnc2)cc1. The first-order chi connectivity index (χ1) is 14.4. The first-order valence-electron chi connectivity index (χ1n) is 9.88. The molecule has 1 fully saturated rings. The largest absolute Gasteiger partial charge is 0.507 e. The van der Waals surface area contributed by atoms with E-state index in [0.717, 1.165) is 0 Å². The van der Waals surface area contributed by atoms with E-state index in [1.54, 1.807) is 55.9 Å². The van der Waals surface area contributed by atoms with Crippen molar-refractivity contribution >= 4 is 17.4 Å². The first kappa shape index (κ1) is 21.5. The van der Waals surface area contributed by atoms with Gasteiger partial charge in [0.15, 0.2) is 0 Å². The molecule has 1 unspecified atom stereocenters. The fourth-order valence-electron chi connectivity index (χ4n) is 3.45. The standard InChI is InChI=1S/C23H26N2O5/c1-15(2)30-13-5-12-25-20(17-6-4-11-24-14-17)19(22(27)23(25)28)21(26)16-7-9-18(29-3)10-8-16/h4,6-11,14-15,20,26H,5,12-13H2,1-3H3/b21-19-. The normalized spacial score (nSPS) is 18.3. The number of aliphatic hydroxyl groups excluding tert-OH is 1. The Morgan fingerprint density at radius 1 is 1.20 bits per heavy atom. The molecule has 0 spiro atoms. The van der Waals surface area contributed by atoms with Gasteiger partial charge in [-0.05, 0) is 56.2 Å². The highest BCUT2D eigenvalue weighted by atomic mass is 16.5. The van der Waals surface area contributed by atoms with Gasteiger partial charge in [0.1, 0.15) is 11.5 Å². The summed E-state index contributed by atoms with van der Waals surface area (Å²) in [6.45, 7) is 4.68. The summed E-state index contributed by atoms with van der Waals surface area (Å²) in [4.78, 5) is 31.3. The quantitative estimate of drug-likeness (QED) is 0.311. The number of pyridine rings is 1. The van der Waals surface area contributed by atoms with Gasteiger partial charge in [-0.3, -0.25) is 14.6 Å². The van der Waals surface area contributed by atoms with Crippen LogP contribution < -0.4 is 4.74 Å². The van der Waals surface area contributed by atoms with Crippen LogP contribution in [0.2, 0.25) is 0 Å². The van der Waals surface area contributed by atoms with Crippen LogP contribution in [0.15, 0.2) is 54.4 Å². The van der Waals surface area contributed by atoms with Crippen molar-refractivity contribution in [2.45, 2.75) is 32.4 Å². The Kier molecular flexibility index (Phi) is 6.84. The number of Topliss-reactive ketones (excluding diaryl/α,β-unsaturated/α-hetero) is 1. The van der Waals surface area contributed by atoms with E-state index in [1.807, 2.05) is 13.8 Å². The predicted octanol–water partition coefficient (Wildman–Crippen LogP) is 3.33.